The van der Waals surface area contributed by atoms with Gasteiger partial charge in [-0.1, -0.05) is 23.2 Å². The Hall–Kier alpha value is -3.35. The fourth-order valence-electron chi connectivity index (χ4n) is 2.80. The van der Waals surface area contributed by atoms with Crippen molar-refractivity contribution in [1.82, 2.24) is 0 Å². The minimum atomic E-state index is -0.580. The van der Waals surface area contributed by atoms with E-state index < -0.39 is 5.97 Å². The molecular weight excluding hydrogens is 427 g/mol. The number of hydrogen-bond acceptors (Lipinski definition) is 5. The number of benzene rings is 2. The first kappa shape index (κ1) is 19.9. The Labute approximate surface area is 181 Å². The maximum Gasteiger partial charge on any atom is 0.363 e. The number of amides is 1. The van der Waals surface area contributed by atoms with E-state index in [9.17, 15) is 9.59 Å². The van der Waals surface area contributed by atoms with Crippen molar-refractivity contribution in [2.75, 3.05) is 5.32 Å². The number of furan rings is 1. The Bertz CT molecular complexity index is 1210. The number of nitrogens with zero attached hydrogens (tertiary/aromatic N) is 1. The molecule has 0 spiro atoms. The van der Waals surface area contributed by atoms with Gasteiger partial charge in [0, 0.05) is 29.8 Å². The van der Waals surface area contributed by atoms with E-state index in [1.54, 1.807) is 54.6 Å². The summed E-state index contributed by atoms with van der Waals surface area (Å²) in [5.41, 5.74) is 2.12. The smallest absolute Gasteiger partial charge is 0.363 e. The van der Waals surface area contributed by atoms with Crippen molar-refractivity contribution in [3.8, 4) is 11.3 Å². The molecule has 0 radical (unpaired) electrons. The van der Waals surface area contributed by atoms with E-state index in [0.717, 1.165) is 5.56 Å². The van der Waals surface area contributed by atoms with Crippen LogP contribution >= 0.6 is 23.2 Å². The van der Waals surface area contributed by atoms with Gasteiger partial charge in [-0.15, -0.1) is 0 Å². The SMILES string of the molecule is CC(=O)Nc1ccc(C2=N/C(=C/c3ccc(-c4ccc(Cl)c(Cl)c4)o3)C(=O)O2)cc1. The van der Waals surface area contributed by atoms with Crippen LogP contribution in [0.15, 0.2) is 69.7 Å². The summed E-state index contributed by atoms with van der Waals surface area (Å²) in [7, 11) is 0. The van der Waals surface area contributed by atoms with Crippen molar-refractivity contribution in [3.63, 3.8) is 0 Å². The molecule has 2 heterocycles. The van der Waals surface area contributed by atoms with Crippen molar-refractivity contribution in [3.05, 3.63) is 81.7 Å². The van der Waals surface area contributed by atoms with Gasteiger partial charge in [-0.3, -0.25) is 4.79 Å². The highest BCUT2D eigenvalue weighted by molar-refractivity contribution is 6.42. The number of rotatable bonds is 4. The molecule has 0 aliphatic carbocycles. The quantitative estimate of drug-likeness (QED) is 0.425. The Morgan fingerprint density at radius 1 is 1.00 bits per heavy atom. The fourth-order valence-corrected chi connectivity index (χ4v) is 3.10. The summed E-state index contributed by atoms with van der Waals surface area (Å²) in [5, 5.41) is 3.54. The third kappa shape index (κ3) is 4.30. The number of halogens is 2. The summed E-state index contributed by atoms with van der Waals surface area (Å²) in [6.45, 7) is 1.43. The number of hydrogen-bond donors (Lipinski definition) is 1. The van der Waals surface area contributed by atoms with Crippen LogP contribution < -0.4 is 5.32 Å². The molecule has 1 aromatic heterocycles. The summed E-state index contributed by atoms with van der Waals surface area (Å²) < 4.78 is 11.0. The first-order chi connectivity index (χ1) is 14.4. The van der Waals surface area contributed by atoms with Crippen molar-refractivity contribution in [1.29, 1.82) is 0 Å². The molecule has 0 saturated heterocycles. The first-order valence-corrected chi connectivity index (χ1v) is 9.60. The third-order valence-corrected chi connectivity index (χ3v) is 4.92. The van der Waals surface area contributed by atoms with Crippen LogP contribution in [0.3, 0.4) is 0 Å². The first-order valence-electron chi connectivity index (χ1n) is 8.85. The van der Waals surface area contributed by atoms with Crippen LogP contribution in [0, 0.1) is 0 Å². The van der Waals surface area contributed by atoms with Crippen LogP contribution in [-0.4, -0.2) is 17.8 Å². The number of carbonyl (C=O) groups excluding carboxylic acids is 2. The zero-order valence-corrected chi connectivity index (χ0v) is 17.1. The average Bonchev–Trinajstić information content (AvgIpc) is 3.32. The fraction of sp³-hybridized carbons (Fsp3) is 0.0455. The van der Waals surface area contributed by atoms with Crippen LogP contribution in [0.2, 0.25) is 10.0 Å². The van der Waals surface area contributed by atoms with E-state index in [1.165, 1.54) is 13.0 Å². The summed E-state index contributed by atoms with van der Waals surface area (Å²) >= 11 is 12.0. The second kappa shape index (κ2) is 8.18. The summed E-state index contributed by atoms with van der Waals surface area (Å²) in [6.07, 6.45) is 1.50. The number of esters is 1. The predicted octanol–water partition coefficient (Wildman–Crippen LogP) is 5.56. The van der Waals surface area contributed by atoms with Gasteiger partial charge in [0.15, 0.2) is 5.70 Å². The summed E-state index contributed by atoms with van der Waals surface area (Å²) in [6, 6.07) is 15.5. The van der Waals surface area contributed by atoms with Crippen molar-refractivity contribution < 1.29 is 18.7 Å². The topological polar surface area (TPSA) is 80.9 Å². The van der Waals surface area contributed by atoms with Gasteiger partial charge >= 0.3 is 5.97 Å². The second-order valence-electron chi connectivity index (χ2n) is 6.43. The van der Waals surface area contributed by atoms with Gasteiger partial charge < -0.3 is 14.5 Å². The maximum absolute atomic E-state index is 12.2. The number of anilines is 1. The molecule has 4 rings (SSSR count). The number of cyclic esters (lactones) is 1. The maximum atomic E-state index is 12.2. The van der Waals surface area contributed by atoms with Crippen molar-refractivity contribution in [2.45, 2.75) is 6.92 Å². The van der Waals surface area contributed by atoms with Crippen LogP contribution in [0.1, 0.15) is 18.2 Å². The number of carbonyl (C=O) groups is 2. The van der Waals surface area contributed by atoms with E-state index in [0.29, 0.717) is 32.8 Å². The van der Waals surface area contributed by atoms with Gasteiger partial charge in [0.25, 0.3) is 0 Å². The Kier molecular flexibility index (Phi) is 5.44. The normalized spacial score (nSPS) is 14.6. The molecule has 0 fully saturated rings. The molecule has 0 unspecified atom stereocenters. The molecule has 1 N–H and O–H groups in total. The zero-order chi connectivity index (χ0) is 21.3. The van der Waals surface area contributed by atoms with Gasteiger partial charge in [0.05, 0.1) is 10.0 Å². The van der Waals surface area contributed by atoms with Gasteiger partial charge in [0.1, 0.15) is 11.5 Å². The molecule has 30 heavy (non-hydrogen) atoms. The van der Waals surface area contributed by atoms with E-state index in [4.69, 9.17) is 32.4 Å². The van der Waals surface area contributed by atoms with E-state index in [-0.39, 0.29) is 17.5 Å². The Balaban J connectivity index is 1.56. The molecule has 6 nitrogen and oxygen atoms in total. The van der Waals surface area contributed by atoms with Gasteiger partial charge in [-0.2, -0.15) is 0 Å². The highest BCUT2D eigenvalue weighted by Crippen LogP contribution is 2.30. The number of aliphatic imine (C=N–C) groups is 1. The number of nitrogens with one attached hydrogen (secondary N) is 1. The lowest BCUT2D eigenvalue weighted by Crippen LogP contribution is -2.07. The molecule has 1 aliphatic heterocycles. The third-order valence-electron chi connectivity index (χ3n) is 4.18. The second-order valence-corrected chi connectivity index (χ2v) is 7.24. The van der Waals surface area contributed by atoms with Crippen molar-refractivity contribution >= 4 is 52.7 Å². The van der Waals surface area contributed by atoms with Crippen molar-refractivity contribution in [2.24, 2.45) is 4.99 Å². The molecular formula is C22H14Cl2N2O4. The predicted molar refractivity (Wildman–Crippen MR) is 116 cm³/mol. The summed E-state index contributed by atoms with van der Waals surface area (Å²) in [4.78, 5) is 27.6. The molecule has 0 atom stereocenters. The molecule has 150 valence electrons. The Morgan fingerprint density at radius 2 is 1.73 bits per heavy atom. The van der Waals surface area contributed by atoms with Gasteiger partial charge in [0.2, 0.25) is 11.8 Å². The van der Waals surface area contributed by atoms with Crippen LogP contribution in [0.5, 0.6) is 0 Å². The molecule has 0 bridgehead atoms. The van der Waals surface area contributed by atoms with Crippen LogP contribution in [0.4, 0.5) is 5.69 Å². The minimum Gasteiger partial charge on any atom is -0.457 e. The lowest BCUT2D eigenvalue weighted by molar-refractivity contribution is -0.130. The largest absolute Gasteiger partial charge is 0.457 e. The zero-order valence-electron chi connectivity index (χ0n) is 15.6. The standard InChI is InChI=1S/C22H14Cl2N2O4/c1-12(27)25-15-5-2-13(3-6-15)21-26-19(22(28)30-21)11-16-7-9-20(29-16)14-4-8-17(23)18(24)10-14/h2-11H,1H3,(H,25,27)/b19-11+. The van der Waals surface area contributed by atoms with Crippen LogP contribution in [-0.2, 0) is 14.3 Å². The molecule has 2 aromatic carbocycles. The highest BCUT2D eigenvalue weighted by Gasteiger charge is 2.24. The number of ether oxygens (including phenoxy) is 1. The molecule has 8 heteroatoms. The molecule has 0 saturated carbocycles. The highest BCUT2D eigenvalue weighted by atomic mass is 35.5. The molecule has 1 amide bonds. The van der Waals surface area contributed by atoms with Gasteiger partial charge in [-0.25, -0.2) is 9.79 Å². The average molecular weight is 441 g/mol. The lowest BCUT2D eigenvalue weighted by Gasteiger charge is -2.03. The summed E-state index contributed by atoms with van der Waals surface area (Å²) in [5.74, 6) is 0.440. The van der Waals surface area contributed by atoms with Gasteiger partial charge in [-0.05, 0) is 54.6 Å². The molecule has 1 aliphatic rings. The molecule has 3 aromatic rings. The Morgan fingerprint density at radius 3 is 2.43 bits per heavy atom. The minimum absolute atomic E-state index is 0.117. The van der Waals surface area contributed by atoms with Crippen LogP contribution in [0.25, 0.3) is 17.4 Å². The van der Waals surface area contributed by atoms with E-state index >= 15 is 0 Å². The van der Waals surface area contributed by atoms with E-state index in [2.05, 4.69) is 10.3 Å². The monoisotopic (exact) mass is 440 g/mol. The lowest BCUT2D eigenvalue weighted by atomic mass is 10.2. The van der Waals surface area contributed by atoms with E-state index in [1.807, 2.05) is 0 Å².